The zero-order valence-electron chi connectivity index (χ0n) is 11.5. The lowest BCUT2D eigenvalue weighted by Gasteiger charge is -2.06. The third-order valence-electron chi connectivity index (χ3n) is 4.74. The molecule has 0 unspecified atom stereocenters. The first-order valence-corrected chi connectivity index (χ1v) is 8.08. The van der Waals surface area contributed by atoms with Crippen molar-refractivity contribution in [3.8, 4) is 0 Å². The molecular weight excluding hydrogens is 272 g/mol. The van der Waals surface area contributed by atoms with Crippen LogP contribution in [0, 0.1) is 22.5 Å². The number of hydrogen-bond donors (Lipinski definition) is 2. The Morgan fingerprint density at radius 1 is 1.40 bits per heavy atom. The molecule has 2 N–H and O–H groups in total. The molecule has 1 heterocycles. The van der Waals surface area contributed by atoms with Gasteiger partial charge >= 0.3 is 0 Å². The van der Waals surface area contributed by atoms with E-state index in [-0.39, 0.29) is 5.91 Å². The second-order valence-corrected chi connectivity index (χ2v) is 6.82. The van der Waals surface area contributed by atoms with E-state index in [2.05, 4.69) is 20.1 Å². The predicted molar refractivity (Wildman–Crippen MR) is 76.7 cm³/mol. The molecule has 2 atom stereocenters. The molecule has 0 aliphatic heterocycles. The topological polar surface area (TPSA) is 62.7 Å². The van der Waals surface area contributed by atoms with Crippen molar-refractivity contribution in [3.05, 3.63) is 10.6 Å². The summed E-state index contributed by atoms with van der Waals surface area (Å²) in [4.78, 5) is 12.0. The summed E-state index contributed by atoms with van der Waals surface area (Å²) in [6, 6.07) is 0.537. The van der Waals surface area contributed by atoms with E-state index in [1.165, 1.54) is 25.7 Å². The van der Waals surface area contributed by atoms with Crippen LogP contribution in [0.25, 0.3) is 0 Å². The van der Waals surface area contributed by atoms with Crippen LogP contribution in [0.3, 0.4) is 0 Å². The van der Waals surface area contributed by atoms with Gasteiger partial charge in [0, 0.05) is 24.9 Å². The highest BCUT2D eigenvalue weighted by Crippen LogP contribution is 2.54. The normalized spacial score (nSPS) is 28.4. The predicted octanol–water partition coefficient (Wildman–Crippen LogP) is 1.98. The molecule has 0 bridgehead atoms. The number of aromatic nitrogens is 3. The van der Waals surface area contributed by atoms with Gasteiger partial charge in [-0.1, -0.05) is 0 Å². The molecule has 1 amide bonds. The third-order valence-corrected chi connectivity index (χ3v) is 5.03. The maximum Gasteiger partial charge on any atom is 0.223 e. The molecule has 3 fully saturated rings. The van der Waals surface area contributed by atoms with Crippen molar-refractivity contribution in [1.82, 2.24) is 20.1 Å². The van der Waals surface area contributed by atoms with Gasteiger partial charge in [-0.3, -0.25) is 9.89 Å². The average Bonchev–Trinajstić information content (AvgIpc) is 3.28. The molecule has 20 heavy (non-hydrogen) atoms. The van der Waals surface area contributed by atoms with Gasteiger partial charge in [-0.25, -0.2) is 0 Å². The average molecular weight is 292 g/mol. The summed E-state index contributed by atoms with van der Waals surface area (Å²) >= 11 is 5.25. The van der Waals surface area contributed by atoms with Crippen LogP contribution in [0.15, 0.2) is 0 Å². The molecule has 0 saturated heterocycles. The lowest BCUT2D eigenvalue weighted by atomic mass is 10.2. The van der Waals surface area contributed by atoms with Gasteiger partial charge in [0.1, 0.15) is 5.82 Å². The van der Waals surface area contributed by atoms with Crippen molar-refractivity contribution < 1.29 is 4.79 Å². The molecule has 5 nitrogen and oxygen atoms in total. The molecule has 6 heteroatoms. The Morgan fingerprint density at radius 2 is 2.20 bits per heavy atom. The van der Waals surface area contributed by atoms with Crippen molar-refractivity contribution in [2.24, 2.45) is 17.8 Å². The number of carbonyl (C=O) groups is 1. The Balaban J connectivity index is 1.28. The van der Waals surface area contributed by atoms with Crippen LogP contribution in [-0.4, -0.2) is 27.2 Å². The van der Waals surface area contributed by atoms with Crippen LogP contribution in [0.1, 0.15) is 44.0 Å². The first-order valence-electron chi connectivity index (χ1n) is 7.67. The molecular formula is C14H20N4OS. The van der Waals surface area contributed by atoms with Crippen LogP contribution < -0.4 is 5.32 Å². The molecule has 1 aromatic rings. The molecule has 3 aliphatic rings. The van der Waals surface area contributed by atoms with Crippen LogP contribution in [0.2, 0.25) is 0 Å². The molecule has 0 aromatic carbocycles. The summed E-state index contributed by atoms with van der Waals surface area (Å²) in [6.07, 6.45) is 6.93. The number of nitrogens with one attached hydrogen (secondary N) is 2. The minimum atomic E-state index is 0.244. The fraction of sp³-hybridized carbons (Fsp3) is 0.786. The van der Waals surface area contributed by atoms with Gasteiger partial charge in [-0.2, -0.15) is 5.10 Å². The van der Waals surface area contributed by atoms with Crippen molar-refractivity contribution in [3.63, 3.8) is 0 Å². The lowest BCUT2D eigenvalue weighted by molar-refractivity contribution is -0.122. The van der Waals surface area contributed by atoms with Crippen LogP contribution in [0.4, 0.5) is 0 Å². The van der Waals surface area contributed by atoms with Crippen molar-refractivity contribution >= 4 is 18.1 Å². The highest BCUT2D eigenvalue weighted by molar-refractivity contribution is 7.71. The maximum absolute atomic E-state index is 12.0. The Morgan fingerprint density at radius 3 is 2.90 bits per heavy atom. The monoisotopic (exact) mass is 292 g/mol. The summed E-state index contributed by atoms with van der Waals surface area (Å²) < 4.78 is 2.83. The third kappa shape index (κ3) is 2.41. The fourth-order valence-corrected chi connectivity index (χ4v) is 3.51. The van der Waals surface area contributed by atoms with Crippen LogP contribution in [0.5, 0.6) is 0 Å². The van der Waals surface area contributed by atoms with E-state index in [4.69, 9.17) is 12.2 Å². The highest BCUT2D eigenvalue weighted by Gasteiger charge is 2.50. The van der Waals surface area contributed by atoms with Gasteiger partial charge in [0.25, 0.3) is 0 Å². The van der Waals surface area contributed by atoms with Gasteiger partial charge in [-0.15, -0.1) is 0 Å². The summed E-state index contributed by atoms with van der Waals surface area (Å²) in [6.45, 7) is 0.666. The van der Waals surface area contributed by atoms with Crippen molar-refractivity contribution in [1.29, 1.82) is 0 Å². The van der Waals surface area contributed by atoms with E-state index in [0.29, 0.717) is 29.2 Å². The Kier molecular flexibility index (Phi) is 2.94. The molecule has 1 aromatic heterocycles. The van der Waals surface area contributed by atoms with Gasteiger partial charge < -0.3 is 9.88 Å². The minimum Gasteiger partial charge on any atom is -0.355 e. The van der Waals surface area contributed by atoms with E-state index in [1.807, 2.05) is 0 Å². The summed E-state index contributed by atoms with van der Waals surface area (Å²) in [7, 11) is 0. The molecule has 3 aliphatic carbocycles. The largest absolute Gasteiger partial charge is 0.355 e. The zero-order chi connectivity index (χ0) is 13.7. The van der Waals surface area contributed by atoms with Crippen LogP contribution in [-0.2, 0) is 11.2 Å². The van der Waals surface area contributed by atoms with E-state index >= 15 is 0 Å². The second kappa shape index (κ2) is 4.69. The Bertz CT molecular complexity index is 584. The smallest absolute Gasteiger partial charge is 0.223 e. The Labute approximate surface area is 123 Å². The van der Waals surface area contributed by atoms with E-state index < -0.39 is 0 Å². The first-order chi connectivity index (χ1) is 9.74. The molecule has 4 rings (SSSR count). The van der Waals surface area contributed by atoms with Gasteiger partial charge in [0.15, 0.2) is 4.77 Å². The Hall–Kier alpha value is -1.17. The van der Waals surface area contributed by atoms with Crippen LogP contribution >= 0.6 is 12.2 Å². The maximum atomic E-state index is 12.0. The molecule has 0 radical (unpaired) electrons. The number of rotatable bonds is 6. The van der Waals surface area contributed by atoms with Gasteiger partial charge in [0.2, 0.25) is 5.91 Å². The quantitative estimate of drug-likeness (QED) is 0.788. The molecule has 3 saturated carbocycles. The SMILES string of the molecule is O=C(NCCc1n[nH]c(=S)n1C1CC1)[C@H]1C[C@H]1C1CC1. The molecule has 108 valence electrons. The lowest BCUT2D eigenvalue weighted by Crippen LogP contribution is -2.28. The molecule has 0 spiro atoms. The van der Waals surface area contributed by atoms with Gasteiger partial charge in [0.05, 0.1) is 0 Å². The minimum absolute atomic E-state index is 0.244. The first kappa shape index (κ1) is 12.6. The number of aromatic amines is 1. The summed E-state index contributed by atoms with van der Waals surface area (Å²) in [5, 5.41) is 10.2. The number of nitrogens with zero attached hydrogens (tertiary/aromatic N) is 2. The standard InChI is InChI=1S/C14H20N4OS/c19-13(11-7-10(11)8-1-2-8)15-6-5-12-16-17-14(20)18(12)9-3-4-9/h8-11H,1-7H2,(H,15,19)(H,17,20)/t10-,11-/m0/s1. The van der Waals surface area contributed by atoms with E-state index in [0.717, 1.165) is 24.6 Å². The number of amides is 1. The number of hydrogen-bond acceptors (Lipinski definition) is 3. The summed E-state index contributed by atoms with van der Waals surface area (Å²) in [5.41, 5.74) is 0. The number of carbonyl (C=O) groups excluding carboxylic acids is 1. The summed E-state index contributed by atoms with van der Waals surface area (Å²) in [5.74, 6) is 3.07. The van der Waals surface area contributed by atoms with Gasteiger partial charge in [-0.05, 0) is 56.2 Å². The van der Waals surface area contributed by atoms with E-state index in [9.17, 15) is 4.79 Å². The van der Waals surface area contributed by atoms with Crippen molar-refractivity contribution in [2.75, 3.05) is 6.54 Å². The number of H-pyrrole nitrogens is 1. The fourth-order valence-electron chi connectivity index (χ4n) is 3.21. The second-order valence-electron chi connectivity index (χ2n) is 6.43. The zero-order valence-corrected chi connectivity index (χ0v) is 12.3. The van der Waals surface area contributed by atoms with Crippen molar-refractivity contribution in [2.45, 2.75) is 44.6 Å². The highest BCUT2D eigenvalue weighted by atomic mass is 32.1. The van der Waals surface area contributed by atoms with E-state index in [1.54, 1.807) is 0 Å².